The van der Waals surface area contributed by atoms with Crippen LogP contribution < -0.4 is 5.73 Å². The van der Waals surface area contributed by atoms with E-state index in [1.54, 1.807) is 0 Å². The molecule has 0 fully saturated rings. The van der Waals surface area contributed by atoms with E-state index in [1.165, 1.54) is 5.56 Å². The number of para-hydroxylation sites is 2. The highest BCUT2D eigenvalue weighted by atomic mass is 15.1. The highest BCUT2D eigenvalue weighted by molar-refractivity contribution is 5.76. The summed E-state index contributed by atoms with van der Waals surface area (Å²) in [5, 5.41) is 0. The zero-order chi connectivity index (χ0) is 14.8. The van der Waals surface area contributed by atoms with Crippen LogP contribution in [0.3, 0.4) is 0 Å². The van der Waals surface area contributed by atoms with Gasteiger partial charge in [-0.15, -0.1) is 0 Å². The second-order valence-electron chi connectivity index (χ2n) is 5.80. The van der Waals surface area contributed by atoms with Crippen molar-refractivity contribution in [3.63, 3.8) is 0 Å². The van der Waals surface area contributed by atoms with Gasteiger partial charge in [0.25, 0.3) is 0 Å². The molecule has 1 heterocycles. The van der Waals surface area contributed by atoms with Crippen LogP contribution in [-0.4, -0.2) is 9.55 Å². The Balaban J connectivity index is 2.11. The maximum atomic E-state index is 6.37. The first-order valence-electron chi connectivity index (χ1n) is 7.41. The number of nitrogens with zero attached hydrogens (tertiary/aromatic N) is 2. The van der Waals surface area contributed by atoms with E-state index in [1.807, 2.05) is 18.2 Å². The number of imidazole rings is 1. The van der Waals surface area contributed by atoms with Gasteiger partial charge in [0.05, 0.1) is 17.1 Å². The highest BCUT2D eigenvalue weighted by Crippen LogP contribution is 2.24. The van der Waals surface area contributed by atoms with Gasteiger partial charge in [-0.05, 0) is 23.6 Å². The SMILES string of the molecule is CC(C)C(N)c1nc2ccccc2n1Cc1ccccc1. The number of rotatable bonds is 4. The van der Waals surface area contributed by atoms with Gasteiger partial charge in [-0.1, -0.05) is 56.3 Å². The fourth-order valence-electron chi connectivity index (χ4n) is 2.58. The minimum absolute atomic E-state index is 0.0545. The van der Waals surface area contributed by atoms with Crippen molar-refractivity contribution in [2.24, 2.45) is 11.7 Å². The Morgan fingerprint density at radius 2 is 1.67 bits per heavy atom. The van der Waals surface area contributed by atoms with Crippen LogP contribution in [0.25, 0.3) is 11.0 Å². The average Bonchev–Trinajstić information content (AvgIpc) is 2.86. The number of hydrogen-bond acceptors (Lipinski definition) is 2. The fourth-order valence-corrected chi connectivity index (χ4v) is 2.58. The molecule has 0 saturated carbocycles. The van der Waals surface area contributed by atoms with Crippen molar-refractivity contribution in [2.75, 3.05) is 0 Å². The molecule has 3 aromatic rings. The van der Waals surface area contributed by atoms with E-state index < -0.39 is 0 Å². The second-order valence-corrected chi connectivity index (χ2v) is 5.80. The van der Waals surface area contributed by atoms with Crippen LogP contribution in [0.15, 0.2) is 54.6 Å². The van der Waals surface area contributed by atoms with Gasteiger partial charge in [-0.3, -0.25) is 0 Å². The molecule has 3 rings (SSSR count). The van der Waals surface area contributed by atoms with Gasteiger partial charge in [0.2, 0.25) is 0 Å². The molecule has 0 saturated heterocycles. The molecule has 0 aliphatic rings. The van der Waals surface area contributed by atoms with Gasteiger partial charge in [0.1, 0.15) is 5.82 Å². The van der Waals surface area contributed by atoms with Crippen LogP contribution in [-0.2, 0) is 6.54 Å². The predicted molar refractivity (Wildman–Crippen MR) is 87.0 cm³/mol. The van der Waals surface area contributed by atoms with Crippen LogP contribution >= 0.6 is 0 Å². The molecule has 0 aliphatic heterocycles. The fraction of sp³-hybridized carbons (Fsp3) is 0.278. The third-order valence-corrected chi connectivity index (χ3v) is 3.88. The van der Waals surface area contributed by atoms with Gasteiger partial charge in [0, 0.05) is 6.54 Å². The van der Waals surface area contributed by atoms with E-state index in [2.05, 4.69) is 54.8 Å². The Morgan fingerprint density at radius 3 is 2.38 bits per heavy atom. The molecule has 2 N–H and O–H groups in total. The van der Waals surface area contributed by atoms with Gasteiger partial charge < -0.3 is 10.3 Å². The summed E-state index contributed by atoms with van der Waals surface area (Å²) in [6.45, 7) is 5.07. The van der Waals surface area contributed by atoms with Crippen molar-refractivity contribution in [3.8, 4) is 0 Å². The largest absolute Gasteiger partial charge is 0.322 e. The average molecular weight is 279 g/mol. The van der Waals surface area contributed by atoms with Crippen molar-refractivity contribution in [1.82, 2.24) is 9.55 Å². The van der Waals surface area contributed by atoms with E-state index in [0.717, 1.165) is 23.4 Å². The lowest BCUT2D eigenvalue weighted by Gasteiger charge is -2.17. The van der Waals surface area contributed by atoms with Crippen LogP contribution in [0, 0.1) is 5.92 Å². The minimum Gasteiger partial charge on any atom is -0.322 e. The number of benzene rings is 2. The normalized spacial score (nSPS) is 13.0. The molecule has 0 bridgehead atoms. The first kappa shape index (κ1) is 13.8. The zero-order valence-electron chi connectivity index (χ0n) is 12.5. The molecule has 21 heavy (non-hydrogen) atoms. The van der Waals surface area contributed by atoms with Crippen molar-refractivity contribution in [1.29, 1.82) is 0 Å². The number of aromatic nitrogens is 2. The Kier molecular flexibility index (Phi) is 3.76. The zero-order valence-corrected chi connectivity index (χ0v) is 12.5. The van der Waals surface area contributed by atoms with Crippen molar-refractivity contribution < 1.29 is 0 Å². The second kappa shape index (κ2) is 5.70. The molecule has 0 amide bonds. The van der Waals surface area contributed by atoms with Gasteiger partial charge in [0.15, 0.2) is 0 Å². The lowest BCUT2D eigenvalue weighted by molar-refractivity contribution is 0.475. The van der Waals surface area contributed by atoms with Crippen LogP contribution in [0.5, 0.6) is 0 Å². The lowest BCUT2D eigenvalue weighted by atomic mass is 10.0. The first-order valence-corrected chi connectivity index (χ1v) is 7.41. The third-order valence-electron chi connectivity index (χ3n) is 3.88. The Hall–Kier alpha value is -2.13. The van der Waals surface area contributed by atoms with E-state index in [0.29, 0.717) is 5.92 Å². The molecule has 3 nitrogen and oxygen atoms in total. The summed E-state index contributed by atoms with van der Waals surface area (Å²) in [5.74, 6) is 1.33. The molecular formula is C18H21N3. The molecule has 1 atom stereocenters. The van der Waals surface area contributed by atoms with Gasteiger partial charge >= 0.3 is 0 Å². The highest BCUT2D eigenvalue weighted by Gasteiger charge is 2.19. The summed E-state index contributed by atoms with van der Waals surface area (Å²) >= 11 is 0. The quantitative estimate of drug-likeness (QED) is 0.790. The minimum atomic E-state index is -0.0545. The standard InChI is InChI=1S/C18H21N3/c1-13(2)17(19)18-20-15-10-6-7-11-16(15)21(18)12-14-8-4-3-5-9-14/h3-11,13,17H,12,19H2,1-2H3. The monoisotopic (exact) mass is 279 g/mol. The molecule has 2 aromatic carbocycles. The van der Waals surface area contributed by atoms with Crippen molar-refractivity contribution >= 4 is 11.0 Å². The van der Waals surface area contributed by atoms with Crippen LogP contribution in [0.4, 0.5) is 0 Å². The molecule has 3 heteroatoms. The number of fused-ring (bicyclic) bond motifs is 1. The lowest BCUT2D eigenvalue weighted by Crippen LogP contribution is -2.22. The third kappa shape index (κ3) is 2.69. The topological polar surface area (TPSA) is 43.8 Å². The maximum absolute atomic E-state index is 6.37. The molecule has 1 aromatic heterocycles. The van der Waals surface area contributed by atoms with E-state index >= 15 is 0 Å². The molecular weight excluding hydrogens is 258 g/mol. The summed E-state index contributed by atoms with van der Waals surface area (Å²) in [5.41, 5.74) is 9.79. The summed E-state index contributed by atoms with van der Waals surface area (Å²) in [4.78, 5) is 4.77. The van der Waals surface area contributed by atoms with Crippen molar-refractivity contribution in [3.05, 3.63) is 66.0 Å². The number of nitrogens with two attached hydrogens (primary N) is 1. The smallest absolute Gasteiger partial charge is 0.127 e. The molecule has 108 valence electrons. The summed E-state index contributed by atoms with van der Waals surface area (Å²) in [6.07, 6.45) is 0. The van der Waals surface area contributed by atoms with E-state index in [4.69, 9.17) is 10.7 Å². The Morgan fingerprint density at radius 1 is 1.00 bits per heavy atom. The van der Waals surface area contributed by atoms with Gasteiger partial charge in [-0.2, -0.15) is 0 Å². The molecule has 0 aliphatic carbocycles. The summed E-state index contributed by atoms with van der Waals surface area (Å²) < 4.78 is 2.25. The summed E-state index contributed by atoms with van der Waals surface area (Å²) in [6, 6.07) is 18.6. The molecule has 1 unspecified atom stereocenters. The van der Waals surface area contributed by atoms with Crippen LogP contribution in [0.1, 0.15) is 31.3 Å². The number of hydrogen-bond donors (Lipinski definition) is 1. The first-order chi connectivity index (χ1) is 10.2. The Bertz CT molecular complexity index is 729. The molecule has 0 radical (unpaired) electrons. The van der Waals surface area contributed by atoms with E-state index in [-0.39, 0.29) is 6.04 Å². The molecule has 0 spiro atoms. The predicted octanol–water partition coefficient (Wildman–Crippen LogP) is 3.74. The maximum Gasteiger partial charge on any atom is 0.127 e. The van der Waals surface area contributed by atoms with Gasteiger partial charge in [-0.25, -0.2) is 4.98 Å². The Labute approximate surface area is 125 Å². The van der Waals surface area contributed by atoms with E-state index in [9.17, 15) is 0 Å². The van der Waals surface area contributed by atoms with Crippen LogP contribution in [0.2, 0.25) is 0 Å². The summed E-state index contributed by atoms with van der Waals surface area (Å²) in [7, 11) is 0. The van der Waals surface area contributed by atoms with Crippen molar-refractivity contribution in [2.45, 2.75) is 26.4 Å².